The lowest BCUT2D eigenvalue weighted by Crippen LogP contribution is -2.52. The minimum absolute atomic E-state index is 0.277. The highest BCUT2D eigenvalue weighted by Crippen LogP contribution is 2.31. The Morgan fingerprint density at radius 3 is 2.47 bits per heavy atom. The first-order valence-corrected chi connectivity index (χ1v) is 5.97. The maximum absolute atomic E-state index is 12.3. The second kappa shape index (κ2) is 3.48. The van der Waals surface area contributed by atoms with Crippen LogP contribution in [0.25, 0.3) is 0 Å². The number of amides is 1. The van der Waals surface area contributed by atoms with Crippen molar-refractivity contribution in [2.45, 2.75) is 45.6 Å². The Morgan fingerprint density at radius 1 is 1.27 bits per heavy atom. The Hall–Kier alpha value is -0.570. The van der Waals surface area contributed by atoms with E-state index in [-0.39, 0.29) is 5.54 Å². The fourth-order valence-electron chi connectivity index (χ4n) is 2.71. The monoisotopic (exact) mass is 210 g/mol. The van der Waals surface area contributed by atoms with Crippen LogP contribution in [0.2, 0.25) is 0 Å². The third-order valence-corrected chi connectivity index (χ3v) is 3.81. The van der Waals surface area contributed by atoms with Gasteiger partial charge in [-0.3, -0.25) is 4.79 Å². The van der Waals surface area contributed by atoms with E-state index in [4.69, 9.17) is 0 Å². The maximum Gasteiger partial charge on any atom is 0.242 e. The van der Waals surface area contributed by atoms with E-state index in [0.29, 0.717) is 11.3 Å². The van der Waals surface area contributed by atoms with Crippen LogP contribution < -0.4 is 5.32 Å². The predicted molar refractivity (Wildman–Crippen MR) is 60.6 cm³/mol. The number of likely N-dealkylation sites (tertiary alicyclic amines) is 1. The van der Waals surface area contributed by atoms with E-state index < -0.39 is 0 Å². The minimum atomic E-state index is -0.277. The second-order valence-corrected chi connectivity index (χ2v) is 6.00. The first-order valence-electron chi connectivity index (χ1n) is 5.97. The summed E-state index contributed by atoms with van der Waals surface area (Å²) >= 11 is 0. The van der Waals surface area contributed by atoms with Gasteiger partial charge in [0.2, 0.25) is 5.91 Å². The maximum atomic E-state index is 12.3. The predicted octanol–water partition coefficient (Wildman–Crippen LogP) is 1.39. The van der Waals surface area contributed by atoms with Crippen LogP contribution in [-0.2, 0) is 4.79 Å². The largest absolute Gasteiger partial charge is 0.341 e. The van der Waals surface area contributed by atoms with Gasteiger partial charge in [-0.15, -0.1) is 0 Å². The van der Waals surface area contributed by atoms with E-state index >= 15 is 0 Å². The summed E-state index contributed by atoms with van der Waals surface area (Å²) in [6.07, 6.45) is 3.25. The SMILES string of the molecule is CC1(C)CCN(C(=O)C2(C)CCCN2)C1. The molecule has 0 spiro atoms. The van der Waals surface area contributed by atoms with Gasteiger partial charge in [-0.2, -0.15) is 0 Å². The average Bonchev–Trinajstić information content (AvgIpc) is 2.72. The van der Waals surface area contributed by atoms with Gasteiger partial charge in [-0.05, 0) is 38.1 Å². The van der Waals surface area contributed by atoms with Crippen molar-refractivity contribution in [3.63, 3.8) is 0 Å². The number of hydrogen-bond donors (Lipinski definition) is 1. The molecule has 0 aromatic carbocycles. The summed E-state index contributed by atoms with van der Waals surface area (Å²) in [5, 5.41) is 3.35. The normalized spacial score (nSPS) is 34.7. The minimum Gasteiger partial charge on any atom is -0.341 e. The van der Waals surface area contributed by atoms with Crippen LogP contribution in [0.15, 0.2) is 0 Å². The fourth-order valence-corrected chi connectivity index (χ4v) is 2.71. The molecule has 2 saturated heterocycles. The van der Waals surface area contributed by atoms with E-state index in [1.54, 1.807) is 0 Å². The van der Waals surface area contributed by atoms with Crippen molar-refractivity contribution in [2.75, 3.05) is 19.6 Å². The summed E-state index contributed by atoms with van der Waals surface area (Å²) in [6, 6.07) is 0. The van der Waals surface area contributed by atoms with Crippen LogP contribution >= 0.6 is 0 Å². The van der Waals surface area contributed by atoms with Gasteiger partial charge < -0.3 is 10.2 Å². The lowest BCUT2D eigenvalue weighted by Gasteiger charge is -2.30. The van der Waals surface area contributed by atoms with Gasteiger partial charge >= 0.3 is 0 Å². The van der Waals surface area contributed by atoms with Crippen molar-refractivity contribution in [3.05, 3.63) is 0 Å². The van der Waals surface area contributed by atoms with Crippen molar-refractivity contribution in [1.29, 1.82) is 0 Å². The molecule has 0 bridgehead atoms. The Kier molecular flexibility index (Phi) is 2.53. The van der Waals surface area contributed by atoms with Gasteiger partial charge in [0.15, 0.2) is 0 Å². The molecule has 1 amide bonds. The van der Waals surface area contributed by atoms with Crippen LogP contribution in [0, 0.1) is 5.41 Å². The summed E-state index contributed by atoms with van der Waals surface area (Å²) in [5.41, 5.74) is 0.0328. The number of nitrogens with one attached hydrogen (secondary N) is 1. The molecule has 2 fully saturated rings. The van der Waals surface area contributed by atoms with E-state index in [1.807, 2.05) is 11.8 Å². The highest BCUT2D eigenvalue weighted by atomic mass is 16.2. The van der Waals surface area contributed by atoms with Crippen molar-refractivity contribution in [3.8, 4) is 0 Å². The average molecular weight is 210 g/mol. The van der Waals surface area contributed by atoms with E-state index in [0.717, 1.165) is 38.9 Å². The van der Waals surface area contributed by atoms with Gasteiger partial charge in [-0.25, -0.2) is 0 Å². The molecule has 15 heavy (non-hydrogen) atoms. The zero-order chi connectivity index (χ0) is 11.1. The number of carbonyl (C=O) groups is 1. The first-order chi connectivity index (χ1) is 6.93. The highest BCUT2D eigenvalue weighted by molar-refractivity contribution is 5.86. The standard InChI is InChI=1S/C12H22N2O/c1-11(2)6-8-14(9-11)10(15)12(3)5-4-7-13-12/h13H,4-9H2,1-3H3. The Balaban J connectivity index is 2.03. The van der Waals surface area contributed by atoms with Crippen LogP contribution in [0.5, 0.6) is 0 Å². The quantitative estimate of drug-likeness (QED) is 0.709. The molecule has 2 aliphatic heterocycles. The molecular formula is C12H22N2O. The van der Waals surface area contributed by atoms with Crippen LogP contribution in [0.3, 0.4) is 0 Å². The highest BCUT2D eigenvalue weighted by Gasteiger charge is 2.42. The van der Waals surface area contributed by atoms with Gasteiger partial charge in [-0.1, -0.05) is 13.8 Å². The summed E-state index contributed by atoms with van der Waals surface area (Å²) in [6.45, 7) is 9.37. The molecule has 0 aromatic heterocycles. The molecule has 0 radical (unpaired) electrons. The number of rotatable bonds is 1. The second-order valence-electron chi connectivity index (χ2n) is 6.00. The zero-order valence-corrected chi connectivity index (χ0v) is 10.1. The van der Waals surface area contributed by atoms with Crippen molar-refractivity contribution in [2.24, 2.45) is 5.41 Å². The third kappa shape index (κ3) is 2.03. The van der Waals surface area contributed by atoms with Crippen LogP contribution in [-0.4, -0.2) is 36.0 Å². The lowest BCUT2D eigenvalue weighted by atomic mass is 9.93. The van der Waals surface area contributed by atoms with Gasteiger partial charge in [0, 0.05) is 13.1 Å². The molecule has 0 aliphatic carbocycles. The molecule has 0 aromatic rings. The van der Waals surface area contributed by atoms with Gasteiger partial charge in [0.05, 0.1) is 5.54 Å². The van der Waals surface area contributed by atoms with Crippen LogP contribution in [0.4, 0.5) is 0 Å². The van der Waals surface area contributed by atoms with Crippen LogP contribution in [0.1, 0.15) is 40.0 Å². The summed E-state index contributed by atoms with van der Waals surface area (Å²) in [5.74, 6) is 0.311. The number of carbonyl (C=O) groups excluding carboxylic acids is 1. The molecule has 0 saturated carbocycles. The van der Waals surface area contributed by atoms with E-state index in [9.17, 15) is 4.79 Å². The van der Waals surface area contributed by atoms with Gasteiger partial charge in [0.1, 0.15) is 0 Å². The molecule has 3 nitrogen and oxygen atoms in total. The molecule has 1 N–H and O–H groups in total. The summed E-state index contributed by atoms with van der Waals surface area (Å²) < 4.78 is 0. The summed E-state index contributed by atoms with van der Waals surface area (Å²) in [4.78, 5) is 14.4. The first kappa shape index (κ1) is 10.9. The Bertz CT molecular complexity index is 267. The number of hydrogen-bond acceptors (Lipinski definition) is 2. The zero-order valence-electron chi connectivity index (χ0n) is 10.1. The molecule has 3 heteroatoms. The molecule has 2 rings (SSSR count). The van der Waals surface area contributed by atoms with Crippen molar-refractivity contribution >= 4 is 5.91 Å². The Morgan fingerprint density at radius 2 is 2.00 bits per heavy atom. The molecule has 2 heterocycles. The molecule has 1 atom stereocenters. The summed E-state index contributed by atoms with van der Waals surface area (Å²) in [7, 11) is 0. The third-order valence-electron chi connectivity index (χ3n) is 3.81. The molecular weight excluding hydrogens is 188 g/mol. The van der Waals surface area contributed by atoms with Crippen molar-refractivity contribution < 1.29 is 4.79 Å². The van der Waals surface area contributed by atoms with E-state index in [1.165, 1.54) is 0 Å². The van der Waals surface area contributed by atoms with E-state index in [2.05, 4.69) is 19.2 Å². The topological polar surface area (TPSA) is 32.3 Å². The Labute approximate surface area is 92.2 Å². The molecule has 2 aliphatic rings. The van der Waals surface area contributed by atoms with Crippen molar-refractivity contribution in [1.82, 2.24) is 10.2 Å². The fraction of sp³-hybridized carbons (Fsp3) is 0.917. The lowest BCUT2D eigenvalue weighted by molar-refractivity contribution is -0.136. The number of nitrogens with zero attached hydrogens (tertiary/aromatic N) is 1. The van der Waals surface area contributed by atoms with Gasteiger partial charge in [0.25, 0.3) is 0 Å². The molecule has 1 unspecified atom stereocenters. The molecule has 86 valence electrons. The smallest absolute Gasteiger partial charge is 0.242 e.